The number of carbonyl (C=O) groups excluding carboxylic acids is 1. The van der Waals surface area contributed by atoms with E-state index in [-0.39, 0.29) is 5.78 Å². The lowest BCUT2D eigenvalue weighted by molar-refractivity contribution is 0.103. The molecule has 0 saturated carbocycles. The Morgan fingerprint density at radius 3 is 2.57 bits per heavy atom. The summed E-state index contributed by atoms with van der Waals surface area (Å²) in [7, 11) is 1.53. The average Bonchev–Trinajstić information content (AvgIpc) is 2.16. The van der Waals surface area contributed by atoms with E-state index in [4.69, 9.17) is 16.3 Å². The van der Waals surface area contributed by atoms with Crippen molar-refractivity contribution < 1.29 is 9.53 Å². The van der Waals surface area contributed by atoms with Crippen LogP contribution in [0.15, 0.2) is 30.4 Å². The van der Waals surface area contributed by atoms with Gasteiger partial charge in [0.1, 0.15) is 5.75 Å². The number of carbonyl (C=O) groups is 1. The van der Waals surface area contributed by atoms with Gasteiger partial charge < -0.3 is 4.74 Å². The fourth-order valence-electron chi connectivity index (χ4n) is 1.05. The van der Waals surface area contributed by atoms with Crippen LogP contribution in [0.4, 0.5) is 0 Å². The van der Waals surface area contributed by atoms with Gasteiger partial charge in [0.15, 0.2) is 5.78 Å². The molecule has 0 bridgehead atoms. The minimum Gasteiger partial charge on any atom is -0.495 e. The van der Waals surface area contributed by atoms with E-state index in [1.807, 2.05) is 0 Å². The highest BCUT2D eigenvalue weighted by Gasteiger charge is 2.09. The Morgan fingerprint density at radius 1 is 1.50 bits per heavy atom. The van der Waals surface area contributed by atoms with Crippen LogP contribution >= 0.6 is 11.6 Å². The van der Waals surface area contributed by atoms with E-state index in [9.17, 15) is 4.79 Å². The molecule has 0 atom stereocenters. The van der Waals surface area contributed by atoms with Crippen LogP contribution in [0.25, 0.3) is 0 Å². The SMILES string of the molecule is C=C(C)C(=O)c1ccc(OC)c(Cl)c1. The second kappa shape index (κ2) is 4.29. The van der Waals surface area contributed by atoms with Gasteiger partial charge >= 0.3 is 0 Å². The van der Waals surface area contributed by atoms with Crippen LogP contribution < -0.4 is 4.74 Å². The second-order valence-electron chi connectivity index (χ2n) is 2.96. The van der Waals surface area contributed by atoms with Crippen LogP contribution in [0.3, 0.4) is 0 Å². The van der Waals surface area contributed by atoms with Crippen molar-refractivity contribution in [2.45, 2.75) is 6.92 Å². The average molecular weight is 211 g/mol. The lowest BCUT2D eigenvalue weighted by Gasteiger charge is -2.04. The third-order valence-electron chi connectivity index (χ3n) is 1.80. The molecule has 0 amide bonds. The normalized spacial score (nSPS) is 9.64. The van der Waals surface area contributed by atoms with Crippen LogP contribution in [0.1, 0.15) is 17.3 Å². The van der Waals surface area contributed by atoms with Gasteiger partial charge in [-0.05, 0) is 30.7 Å². The predicted molar refractivity (Wildman–Crippen MR) is 57.1 cm³/mol. The molecule has 1 aromatic carbocycles. The van der Waals surface area contributed by atoms with Gasteiger partial charge in [0, 0.05) is 5.56 Å². The first-order chi connectivity index (χ1) is 6.56. The molecule has 0 aliphatic rings. The molecule has 0 N–H and O–H groups in total. The van der Waals surface area contributed by atoms with E-state index < -0.39 is 0 Å². The maximum absolute atomic E-state index is 11.5. The predicted octanol–water partition coefficient (Wildman–Crippen LogP) is 3.11. The first-order valence-electron chi connectivity index (χ1n) is 4.10. The van der Waals surface area contributed by atoms with E-state index in [0.717, 1.165) is 0 Å². The van der Waals surface area contributed by atoms with E-state index in [1.165, 1.54) is 7.11 Å². The number of ether oxygens (including phenoxy) is 1. The highest BCUT2D eigenvalue weighted by atomic mass is 35.5. The van der Waals surface area contributed by atoms with Crippen LogP contribution in [0, 0.1) is 0 Å². The monoisotopic (exact) mass is 210 g/mol. The molecule has 0 saturated heterocycles. The van der Waals surface area contributed by atoms with Crippen molar-refractivity contribution in [1.82, 2.24) is 0 Å². The van der Waals surface area contributed by atoms with Gasteiger partial charge in [0.2, 0.25) is 0 Å². The van der Waals surface area contributed by atoms with Crippen LogP contribution in [0.5, 0.6) is 5.75 Å². The molecule has 0 heterocycles. The molecule has 1 aromatic rings. The zero-order valence-electron chi connectivity index (χ0n) is 8.13. The molecule has 0 spiro atoms. The summed E-state index contributed by atoms with van der Waals surface area (Å²) in [5, 5.41) is 0.430. The van der Waals surface area contributed by atoms with Crippen molar-refractivity contribution in [3.05, 3.63) is 40.9 Å². The molecule has 0 aliphatic heterocycles. The second-order valence-corrected chi connectivity index (χ2v) is 3.37. The number of hydrogen-bond donors (Lipinski definition) is 0. The molecule has 0 fully saturated rings. The van der Waals surface area contributed by atoms with Gasteiger partial charge in [0.25, 0.3) is 0 Å². The molecule has 1 rings (SSSR count). The molecule has 0 aromatic heterocycles. The van der Waals surface area contributed by atoms with Crippen molar-refractivity contribution in [2.75, 3.05) is 7.11 Å². The molecule has 2 nitrogen and oxygen atoms in total. The van der Waals surface area contributed by atoms with Crippen LogP contribution in [0.2, 0.25) is 5.02 Å². The molecule has 3 heteroatoms. The van der Waals surface area contributed by atoms with Gasteiger partial charge in [-0.15, -0.1) is 0 Å². The maximum atomic E-state index is 11.5. The Bertz CT molecular complexity index is 383. The Balaban J connectivity index is 3.09. The van der Waals surface area contributed by atoms with Gasteiger partial charge in [0.05, 0.1) is 12.1 Å². The Hall–Kier alpha value is -1.28. The molecule has 0 unspecified atom stereocenters. The summed E-state index contributed by atoms with van der Waals surface area (Å²) < 4.78 is 4.97. The molecular formula is C11H11ClO2. The smallest absolute Gasteiger partial charge is 0.188 e. The van der Waals surface area contributed by atoms with Crippen molar-refractivity contribution in [3.63, 3.8) is 0 Å². The number of allylic oxidation sites excluding steroid dienone is 1. The molecule has 0 aliphatic carbocycles. The largest absolute Gasteiger partial charge is 0.495 e. The standard InChI is InChI=1S/C11H11ClO2/c1-7(2)11(13)8-4-5-10(14-3)9(12)6-8/h4-6H,1H2,2-3H3. The minimum atomic E-state index is -0.102. The van der Waals surface area contributed by atoms with E-state index in [1.54, 1.807) is 25.1 Å². The fraction of sp³-hybridized carbons (Fsp3) is 0.182. The number of Topliss-reactive ketones (excluding diaryl/α,β-unsaturated/α-hetero) is 1. The van der Waals surface area contributed by atoms with Crippen LogP contribution in [-0.2, 0) is 0 Å². The lowest BCUT2D eigenvalue weighted by atomic mass is 10.1. The molecule has 14 heavy (non-hydrogen) atoms. The lowest BCUT2D eigenvalue weighted by Crippen LogP contribution is -1.99. The number of halogens is 1. The molecular weight excluding hydrogens is 200 g/mol. The zero-order chi connectivity index (χ0) is 10.7. The van der Waals surface area contributed by atoms with Crippen molar-refractivity contribution >= 4 is 17.4 Å². The summed E-state index contributed by atoms with van der Waals surface area (Å²) in [5.74, 6) is 0.458. The third-order valence-corrected chi connectivity index (χ3v) is 2.10. The summed E-state index contributed by atoms with van der Waals surface area (Å²) >= 11 is 5.87. The molecule has 0 radical (unpaired) electrons. The first-order valence-corrected chi connectivity index (χ1v) is 4.48. The van der Waals surface area contributed by atoms with E-state index in [2.05, 4.69) is 6.58 Å². The maximum Gasteiger partial charge on any atom is 0.188 e. The van der Waals surface area contributed by atoms with Crippen molar-refractivity contribution in [1.29, 1.82) is 0 Å². The Kier molecular flexibility index (Phi) is 3.31. The summed E-state index contributed by atoms with van der Waals surface area (Å²) in [4.78, 5) is 11.5. The fourth-order valence-corrected chi connectivity index (χ4v) is 1.31. The number of rotatable bonds is 3. The van der Waals surface area contributed by atoms with Crippen molar-refractivity contribution in [2.24, 2.45) is 0 Å². The molecule has 74 valence electrons. The highest BCUT2D eigenvalue weighted by Crippen LogP contribution is 2.25. The topological polar surface area (TPSA) is 26.3 Å². The summed E-state index contributed by atoms with van der Waals surface area (Å²) in [5.41, 5.74) is 1.02. The Labute approximate surface area is 88.1 Å². The summed E-state index contributed by atoms with van der Waals surface area (Å²) in [6.07, 6.45) is 0. The number of methoxy groups -OCH3 is 1. The van der Waals surface area contributed by atoms with Gasteiger partial charge in [-0.25, -0.2) is 0 Å². The minimum absolute atomic E-state index is 0.102. The number of ketones is 1. The van der Waals surface area contributed by atoms with E-state index in [0.29, 0.717) is 21.9 Å². The van der Waals surface area contributed by atoms with Crippen molar-refractivity contribution in [3.8, 4) is 5.75 Å². The Morgan fingerprint density at radius 2 is 2.14 bits per heavy atom. The summed E-state index contributed by atoms with van der Waals surface area (Å²) in [6.45, 7) is 5.25. The van der Waals surface area contributed by atoms with Crippen LogP contribution in [-0.4, -0.2) is 12.9 Å². The van der Waals surface area contributed by atoms with Gasteiger partial charge in [-0.1, -0.05) is 18.2 Å². The highest BCUT2D eigenvalue weighted by molar-refractivity contribution is 6.32. The van der Waals surface area contributed by atoms with E-state index >= 15 is 0 Å². The van der Waals surface area contributed by atoms with Gasteiger partial charge in [-0.2, -0.15) is 0 Å². The number of hydrogen-bond acceptors (Lipinski definition) is 2. The van der Waals surface area contributed by atoms with Gasteiger partial charge in [-0.3, -0.25) is 4.79 Å². The quantitative estimate of drug-likeness (QED) is 0.566. The third kappa shape index (κ3) is 2.15. The number of benzene rings is 1. The first kappa shape index (κ1) is 10.8. The summed E-state index contributed by atoms with van der Waals surface area (Å²) in [6, 6.07) is 4.91. The zero-order valence-corrected chi connectivity index (χ0v) is 8.89.